The van der Waals surface area contributed by atoms with Crippen molar-refractivity contribution in [1.82, 2.24) is 10.2 Å². The van der Waals surface area contributed by atoms with Gasteiger partial charge in [0, 0.05) is 0 Å². The fourth-order valence-electron chi connectivity index (χ4n) is 1.64. The topological polar surface area (TPSA) is 75.7 Å². The van der Waals surface area contributed by atoms with Crippen molar-refractivity contribution in [2.45, 2.75) is 26.3 Å². The predicted molar refractivity (Wildman–Crippen MR) is 55.5 cm³/mol. The van der Waals surface area contributed by atoms with Gasteiger partial charge in [0.25, 0.3) is 5.91 Å². The summed E-state index contributed by atoms with van der Waals surface area (Å²) in [5.74, 6) is -0.759. The van der Waals surface area contributed by atoms with Gasteiger partial charge in [0.2, 0.25) is 0 Å². The lowest BCUT2D eigenvalue weighted by Crippen LogP contribution is -2.46. The molecule has 1 aliphatic heterocycles. The first-order valence-electron chi connectivity index (χ1n) is 5.15. The zero-order chi connectivity index (χ0) is 12.3. The number of amides is 3. The highest BCUT2D eigenvalue weighted by Crippen LogP contribution is 2.16. The Labute approximate surface area is 93.9 Å². The molecule has 1 unspecified atom stereocenters. The molecule has 6 nitrogen and oxygen atoms in total. The van der Waals surface area contributed by atoms with Crippen molar-refractivity contribution in [2.75, 3.05) is 13.7 Å². The molecular formula is C10H16N2O4. The van der Waals surface area contributed by atoms with E-state index in [4.69, 9.17) is 0 Å². The van der Waals surface area contributed by atoms with Crippen LogP contribution in [0.4, 0.5) is 4.79 Å². The summed E-state index contributed by atoms with van der Waals surface area (Å²) in [7, 11) is 1.24. The van der Waals surface area contributed by atoms with Gasteiger partial charge in [-0.15, -0.1) is 0 Å². The molecular weight excluding hydrogens is 212 g/mol. The molecule has 0 radical (unpaired) electrons. The summed E-state index contributed by atoms with van der Waals surface area (Å²) in [6, 6.07) is -1.35. The van der Waals surface area contributed by atoms with Gasteiger partial charge in [-0.2, -0.15) is 0 Å². The van der Waals surface area contributed by atoms with Crippen molar-refractivity contribution in [1.29, 1.82) is 0 Å². The Morgan fingerprint density at radius 2 is 2.12 bits per heavy atom. The number of imide groups is 1. The maximum atomic E-state index is 11.5. The number of nitrogens with one attached hydrogen (secondary N) is 1. The van der Waals surface area contributed by atoms with Crippen LogP contribution in [0, 0.1) is 5.92 Å². The van der Waals surface area contributed by atoms with Crippen LogP contribution >= 0.6 is 0 Å². The summed E-state index contributed by atoms with van der Waals surface area (Å²) in [6.45, 7) is 3.77. The Kier molecular flexibility index (Phi) is 3.87. The van der Waals surface area contributed by atoms with Crippen molar-refractivity contribution >= 4 is 17.9 Å². The zero-order valence-corrected chi connectivity index (χ0v) is 9.65. The van der Waals surface area contributed by atoms with E-state index in [-0.39, 0.29) is 18.4 Å². The number of carbonyl (C=O) groups is 3. The van der Waals surface area contributed by atoms with Crippen LogP contribution in [-0.2, 0) is 14.3 Å². The van der Waals surface area contributed by atoms with Crippen LogP contribution in [0.2, 0.25) is 0 Å². The maximum Gasteiger partial charge on any atom is 0.329 e. The highest BCUT2D eigenvalue weighted by atomic mass is 16.5. The zero-order valence-electron chi connectivity index (χ0n) is 9.65. The highest BCUT2D eigenvalue weighted by Gasteiger charge is 2.39. The molecule has 1 atom stereocenters. The molecule has 0 aromatic carbocycles. The van der Waals surface area contributed by atoms with E-state index in [9.17, 15) is 14.4 Å². The van der Waals surface area contributed by atoms with E-state index in [0.29, 0.717) is 6.42 Å². The normalized spacial score (nSPS) is 17.6. The molecule has 3 amide bonds. The molecule has 1 rings (SSSR count). The molecule has 0 bridgehead atoms. The van der Waals surface area contributed by atoms with Gasteiger partial charge in [0.05, 0.1) is 13.7 Å². The van der Waals surface area contributed by atoms with E-state index in [1.54, 1.807) is 0 Å². The van der Waals surface area contributed by atoms with Crippen molar-refractivity contribution < 1.29 is 19.1 Å². The average molecular weight is 228 g/mol. The summed E-state index contributed by atoms with van der Waals surface area (Å²) in [5, 5.41) is 2.38. The van der Waals surface area contributed by atoms with Gasteiger partial charge >= 0.3 is 12.0 Å². The van der Waals surface area contributed by atoms with Crippen molar-refractivity contribution in [3.05, 3.63) is 0 Å². The second-order valence-corrected chi connectivity index (χ2v) is 4.09. The number of nitrogens with zero attached hydrogens (tertiary/aromatic N) is 1. The molecule has 1 N–H and O–H groups in total. The minimum atomic E-state index is -0.819. The van der Waals surface area contributed by atoms with E-state index >= 15 is 0 Å². The molecule has 90 valence electrons. The third-order valence-electron chi connectivity index (χ3n) is 2.36. The van der Waals surface area contributed by atoms with Gasteiger partial charge in [0.15, 0.2) is 0 Å². The second-order valence-electron chi connectivity index (χ2n) is 4.09. The molecule has 0 aromatic heterocycles. The highest BCUT2D eigenvalue weighted by molar-refractivity contribution is 6.05. The van der Waals surface area contributed by atoms with Gasteiger partial charge < -0.3 is 10.1 Å². The van der Waals surface area contributed by atoms with Crippen LogP contribution in [0.25, 0.3) is 0 Å². The van der Waals surface area contributed by atoms with Crippen LogP contribution in [-0.4, -0.2) is 42.5 Å². The third-order valence-corrected chi connectivity index (χ3v) is 2.36. The molecule has 6 heteroatoms. The Morgan fingerprint density at radius 1 is 1.50 bits per heavy atom. The predicted octanol–water partition coefficient (Wildman–Crippen LogP) is 0.126. The standard InChI is InChI=1S/C10H16N2O4/c1-6(2)4-7(9(14)16-3)12-8(13)5-11-10(12)15/h6-7H,4-5H2,1-3H3,(H,11,15). The lowest BCUT2D eigenvalue weighted by Gasteiger charge is -2.24. The lowest BCUT2D eigenvalue weighted by atomic mass is 10.0. The Morgan fingerprint density at radius 3 is 2.50 bits per heavy atom. The molecule has 0 spiro atoms. The maximum absolute atomic E-state index is 11.5. The molecule has 1 saturated heterocycles. The quantitative estimate of drug-likeness (QED) is 0.548. The van der Waals surface area contributed by atoms with Crippen LogP contribution in [0.15, 0.2) is 0 Å². The Balaban J connectivity index is 2.86. The average Bonchev–Trinajstić information content (AvgIpc) is 2.54. The summed E-state index contributed by atoms with van der Waals surface area (Å²) >= 11 is 0. The van der Waals surface area contributed by atoms with E-state index in [0.717, 1.165) is 4.90 Å². The van der Waals surface area contributed by atoms with Crippen molar-refractivity contribution in [3.8, 4) is 0 Å². The van der Waals surface area contributed by atoms with Crippen LogP contribution in [0.3, 0.4) is 0 Å². The van der Waals surface area contributed by atoms with Gasteiger partial charge in [-0.05, 0) is 12.3 Å². The second kappa shape index (κ2) is 4.96. The van der Waals surface area contributed by atoms with Gasteiger partial charge in [0.1, 0.15) is 6.04 Å². The van der Waals surface area contributed by atoms with E-state index in [2.05, 4.69) is 10.1 Å². The molecule has 0 aromatic rings. The number of ether oxygens (including phenoxy) is 1. The number of carbonyl (C=O) groups excluding carboxylic acids is 3. The molecule has 0 aliphatic carbocycles. The monoisotopic (exact) mass is 228 g/mol. The number of hydrogen-bond acceptors (Lipinski definition) is 4. The fourth-order valence-corrected chi connectivity index (χ4v) is 1.64. The minimum absolute atomic E-state index is 0.0512. The SMILES string of the molecule is COC(=O)C(CC(C)C)N1C(=O)CNC1=O. The summed E-state index contributed by atoms with van der Waals surface area (Å²) < 4.78 is 4.61. The number of urea groups is 1. The minimum Gasteiger partial charge on any atom is -0.467 e. The molecule has 1 fully saturated rings. The molecule has 16 heavy (non-hydrogen) atoms. The first kappa shape index (κ1) is 12.5. The smallest absolute Gasteiger partial charge is 0.329 e. The van der Waals surface area contributed by atoms with Crippen molar-refractivity contribution in [3.63, 3.8) is 0 Å². The summed E-state index contributed by atoms with van der Waals surface area (Å²) in [5.41, 5.74) is 0. The van der Waals surface area contributed by atoms with E-state index in [1.165, 1.54) is 7.11 Å². The van der Waals surface area contributed by atoms with Gasteiger partial charge in [-0.3, -0.25) is 4.79 Å². The Hall–Kier alpha value is -1.59. The van der Waals surface area contributed by atoms with E-state index < -0.39 is 18.0 Å². The summed E-state index contributed by atoms with van der Waals surface area (Å²) in [6.07, 6.45) is 0.409. The van der Waals surface area contributed by atoms with E-state index in [1.807, 2.05) is 13.8 Å². The molecule has 0 saturated carbocycles. The molecule has 1 heterocycles. The third kappa shape index (κ3) is 2.50. The fraction of sp³-hybridized carbons (Fsp3) is 0.700. The van der Waals surface area contributed by atoms with Crippen molar-refractivity contribution in [2.24, 2.45) is 5.92 Å². The van der Waals surface area contributed by atoms with Crippen LogP contribution in [0.1, 0.15) is 20.3 Å². The number of methoxy groups -OCH3 is 1. The molecule has 1 aliphatic rings. The number of esters is 1. The number of hydrogen-bond donors (Lipinski definition) is 1. The van der Waals surface area contributed by atoms with Crippen LogP contribution in [0.5, 0.6) is 0 Å². The largest absolute Gasteiger partial charge is 0.467 e. The van der Waals surface area contributed by atoms with Gasteiger partial charge in [-0.25, -0.2) is 14.5 Å². The number of rotatable bonds is 4. The van der Waals surface area contributed by atoms with Crippen LogP contribution < -0.4 is 5.32 Å². The first-order chi connectivity index (χ1) is 7.47. The Bertz CT molecular complexity index is 298. The van der Waals surface area contributed by atoms with Gasteiger partial charge in [-0.1, -0.05) is 13.8 Å². The first-order valence-corrected chi connectivity index (χ1v) is 5.15. The summed E-state index contributed by atoms with van der Waals surface area (Å²) in [4.78, 5) is 35.4. The lowest BCUT2D eigenvalue weighted by molar-refractivity contribution is -0.149.